The maximum Gasteiger partial charge on any atom is 0.266 e. The summed E-state index contributed by atoms with van der Waals surface area (Å²) in [4.78, 5) is 12.5. The fraction of sp³-hybridized carbons (Fsp3) is 0.182. The van der Waals surface area contributed by atoms with E-state index in [-0.39, 0.29) is 12.2 Å². The number of aryl methyl sites for hydroxylation is 2. The Morgan fingerprint density at radius 1 is 1.26 bits per heavy atom. The number of carbonyl (C=O) groups is 1. The van der Waals surface area contributed by atoms with E-state index in [9.17, 15) is 10.1 Å². The largest absolute Gasteiger partial charge is 0.497 e. The number of benzene rings is 2. The molecule has 1 aliphatic heterocycles. The molecule has 1 amide bonds. The highest BCUT2D eigenvalue weighted by Crippen LogP contribution is 2.30. The molecule has 0 unspecified atom stereocenters. The molecule has 5 heteroatoms. The molecule has 0 atom stereocenters. The molecule has 0 spiro atoms. The van der Waals surface area contributed by atoms with E-state index in [2.05, 4.69) is 5.32 Å². The van der Waals surface area contributed by atoms with Crippen LogP contribution in [-0.2, 0) is 4.79 Å². The van der Waals surface area contributed by atoms with Gasteiger partial charge in [0.15, 0.2) is 0 Å². The van der Waals surface area contributed by atoms with Crippen LogP contribution in [0.2, 0.25) is 0 Å². The third-order valence-corrected chi connectivity index (χ3v) is 4.28. The number of anilines is 1. The Labute approximate surface area is 158 Å². The van der Waals surface area contributed by atoms with Crippen molar-refractivity contribution >= 4 is 17.7 Å². The molecule has 2 aromatic carbocycles. The van der Waals surface area contributed by atoms with Gasteiger partial charge in [-0.15, -0.1) is 0 Å². The Bertz CT molecular complexity index is 997. The van der Waals surface area contributed by atoms with E-state index in [1.54, 1.807) is 13.2 Å². The van der Waals surface area contributed by atoms with Crippen molar-refractivity contribution in [2.45, 2.75) is 13.8 Å². The normalized spacial score (nSPS) is 13.0. The van der Waals surface area contributed by atoms with E-state index in [0.29, 0.717) is 17.2 Å². The van der Waals surface area contributed by atoms with Crippen molar-refractivity contribution in [1.82, 2.24) is 0 Å². The van der Waals surface area contributed by atoms with Crippen LogP contribution in [0.4, 0.5) is 5.69 Å². The van der Waals surface area contributed by atoms with E-state index in [4.69, 9.17) is 9.47 Å². The monoisotopic (exact) mass is 360 g/mol. The number of fused-ring (bicyclic) bond motifs is 1. The maximum atomic E-state index is 12.5. The minimum absolute atomic E-state index is 0.0294. The molecular formula is C22H20N2O3. The van der Waals surface area contributed by atoms with Crippen LogP contribution < -0.4 is 14.8 Å². The van der Waals surface area contributed by atoms with E-state index < -0.39 is 5.91 Å². The molecule has 1 heterocycles. The highest BCUT2D eigenvalue weighted by molar-refractivity contribution is 6.07. The number of amides is 1. The Morgan fingerprint density at radius 2 is 2.07 bits per heavy atom. The number of nitriles is 1. The lowest BCUT2D eigenvalue weighted by molar-refractivity contribution is -0.112. The molecule has 0 saturated heterocycles. The van der Waals surface area contributed by atoms with Crippen molar-refractivity contribution in [1.29, 1.82) is 5.26 Å². The van der Waals surface area contributed by atoms with Gasteiger partial charge in [-0.3, -0.25) is 4.79 Å². The number of hydrogen-bond donors (Lipinski definition) is 1. The van der Waals surface area contributed by atoms with Gasteiger partial charge in [-0.2, -0.15) is 5.26 Å². The van der Waals surface area contributed by atoms with Gasteiger partial charge in [0.25, 0.3) is 5.91 Å². The first-order valence-electron chi connectivity index (χ1n) is 8.52. The van der Waals surface area contributed by atoms with Gasteiger partial charge in [0.05, 0.1) is 7.11 Å². The van der Waals surface area contributed by atoms with Crippen molar-refractivity contribution in [3.8, 4) is 17.6 Å². The van der Waals surface area contributed by atoms with Crippen LogP contribution in [0.25, 0.3) is 6.08 Å². The molecule has 0 fully saturated rings. The average molecular weight is 360 g/mol. The minimum Gasteiger partial charge on any atom is -0.497 e. The summed E-state index contributed by atoms with van der Waals surface area (Å²) in [5.74, 6) is 0.988. The van der Waals surface area contributed by atoms with Gasteiger partial charge in [0.2, 0.25) is 0 Å². The summed E-state index contributed by atoms with van der Waals surface area (Å²) in [6.45, 7) is 4.19. The lowest BCUT2D eigenvalue weighted by Crippen LogP contribution is -2.15. The lowest BCUT2D eigenvalue weighted by atomic mass is 10.0. The Balaban J connectivity index is 1.82. The van der Waals surface area contributed by atoms with Gasteiger partial charge in [-0.05, 0) is 55.3 Å². The van der Waals surface area contributed by atoms with Crippen LogP contribution in [0, 0.1) is 25.2 Å². The summed E-state index contributed by atoms with van der Waals surface area (Å²) in [6.07, 6.45) is 3.46. The zero-order chi connectivity index (χ0) is 19.4. The van der Waals surface area contributed by atoms with Crippen molar-refractivity contribution in [2.75, 3.05) is 19.0 Å². The van der Waals surface area contributed by atoms with E-state index in [1.807, 2.05) is 62.4 Å². The molecule has 3 rings (SSSR count). The smallest absolute Gasteiger partial charge is 0.266 e. The van der Waals surface area contributed by atoms with E-state index in [1.165, 1.54) is 0 Å². The Hall–Kier alpha value is -3.52. The number of methoxy groups -OCH3 is 1. The summed E-state index contributed by atoms with van der Waals surface area (Å²) >= 11 is 0. The number of nitrogens with zero attached hydrogens (tertiary/aromatic N) is 1. The van der Waals surface area contributed by atoms with Gasteiger partial charge >= 0.3 is 0 Å². The van der Waals surface area contributed by atoms with Crippen molar-refractivity contribution in [3.63, 3.8) is 0 Å². The second-order valence-electron chi connectivity index (χ2n) is 6.35. The zero-order valence-corrected chi connectivity index (χ0v) is 15.5. The van der Waals surface area contributed by atoms with Crippen molar-refractivity contribution in [2.24, 2.45) is 0 Å². The summed E-state index contributed by atoms with van der Waals surface area (Å²) in [6, 6.07) is 13.2. The first-order chi connectivity index (χ1) is 13.0. The SMILES string of the molecule is COc1ccc2c(c1)OCC(/C=C(\C#N)C(=O)Nc1ccc(C)cc1C)=C2. The van der Waals surface area contributed by atoms with Crippen LogP contribution in [-0.4, -0.2) is 19.6 Å². The van der Waals surface area contributed by atoms with Crippen LogP contribution >= 0.6 is 0 Å². The fourth-order valence-corrected chi connectivity index (χ4v) is 2.85. The van der Waals surface area contributed by atoms with Crippen LogP contribution in [0.15, 0.2) is 53.6 Å². The molecule has 0 saturated carbocycles. The predicted octanol–water partition coefficient (Wildman–Crippen LogP) is 4.18. The lowest BCUT2D eigenvalue weighted by Gasteiger charge is -2.17. The highest BCUT2D eigenvalue weighted by atomic mass is 16.5. The van der Waals surface area contributed by atoms with Crippen LogP contribution in [0.5, 0.6) is 11.5 Å². The second kappa shape index (κ2) is 7.79. The van der Waals surface area contributed by atoms with Gasteiger partial charge in [-0.25, -0.2) is 0 Å². The number of nitrogens with one attached hydrogen (secondary N) is 1. The maximum absolute atomic E-state index is 12.5. The Kier molecular flexibility index (Phi) is 5.28. The molecule has 27 heavy (non-hydrogen) atoms. The third-order valence-electron chi connectivity index (χ3n) is 4.28. The van der Waals surface area contributed by atoms with Crippen LogP contribution in [0.1, 0.15) is 16.7 Å². The molecule has 1 aliphatic rings. The summed E-state index contributed by atoms with van der Waals surface area (Å²) in [5, 5.41) is 12.2. The summed E-state index contributed by atoms with van der Waals surface area (Å²) in [7, 11) is 1.60. The van der Waals surface area contributed by atoms with Gasteiger partial charge in [0.1, 0.15) is 29.7 Å². The molecule has 5 nitrogen and oxygen atoms in total. The minimum atomic E-state index is -0.439. The van der Waals surface area contributed by atoms with E-state index in [0.717, 1.165) is 22.3 Å². The molecule has 0 aliphatic carbocycles. The van der Waals surface area contributed by atoms with Crippen molar-refractivity contribution in [3.05, 3.63) is 70.3 Å². The molecule has 0 aromatic heterocycles. The van der Waals surface area contributed by atoms with Gasteiger partial charge in [0, 0.05) is 17.3 Å². The van der Waals surface area contributed by atoms with Gasteiger partial charge in [-0.1, -0.05) is 17.7 Å². The molecule has 0 bridgehead atoms. The Morgan fingerprint density at radius 3 is 2.78 bits per heavy atom. The summed E-state index contributed by atoms with van der Waals surface area (Å²) in [5.41, 5.74) is 4.41. The molecule has 136 valence electrons. The molecule has 2 aromatic rings. The quantitative estimate of drug-likeness (QED) is 0.656. The highest BCUT2D eigenvalue weighted by Gasteiger charge is 2.15. The second-order valence-corrected chi connectivity index (χ2v) is 6.35. The molecule has 0 radical (unpaired) electrons. The standard InChI is InChI=1S/C22H20N2O3/c1-14-4-7-20(15(2)8-14)24-22(25)18(12-23)10-16-9-17-5-6-19(26-3)11-21(17)27-13-16/h4-11H,13H2,1-3H3,(H,24,25)/b18-10+. The predicted molar refractivity (Wildman–Crippen MR) is 105 cm³/mol. The third kappa shape index (κ3) is 4.18. The topological polar surface area (TPSA) is 71.3 Å². The molecule has 1 N–H and O–H groups in total. The zero-order valence-electron chi connectivity index (χ0n) is 15.5. The molecular weight excluding hydrogens is 340 g/mol. The first-order valence-corrected chi connectivity index (χ1v) is 8.52. The van der Waals surface area contributed by atoms with Gasteiger partial charge < -0.3 is 14.8 Å². The average Bonchev–Trinajstić information content (AvgIpc) is 2.67. The number of ether oxygens (including phenoxy) is 2. The van der Waals surface area contributed by atoms with E-state index >= 15 is 0 Å². The number of carbonyl (C=O) groups excluding carboxylic acids is 1. The number of hydrogen-bond acceptors (Lipinski definition) is 4. The fourth-order valence-electron chi connectivity index (χ4n) is 2.85. The summed E-state index contributed by atoms with van der Waals surface area (Å²) < 4.78 is 10.9. The van der Waals surface area contributed by atoms with Crippen molar-refractivity contribution < 1.29 is 14.3 Å². The number of rotatable bonds is 4. The first kappa shape index (κ1) is 18.3. The van der Waals surface area contributed by atoms with Crippen LogP contribution in [0.3, 0.4) is 0 Å².